The van der Waals surface area contributed by atoms with Gasteiger partial charge in [0.05, 0.1) is 0 Å². The lowest BCUT2D eigenvalue weighted by molar-refractivity contribution is -0.284. The van der Waals surface area contributed by atoms with E-state index in [0.29, 0.717) is 11.3 Å². The molecule has 0 aromatic heterocycles. The van der Waals surface area contributed by atoms with E-state index >= 15 is 0 Å². The normalized spacial score (nSPS) is 47.5. The molecular formula is C9H14F2. The molecule has 3 saturated carbocycles. The molecule has 3 rings (SSSR count). The summed E-state index contributed by atoms with van der Waals surface area (Å²) in [6.07, 6.45) is 0.295. The van der Waals surface area contributed by atoms with Crippen LogP contribution in [0.15, 0.2) is 0 Å². The molecule has 2 heteroatoms. The van der Waals surface area contributed by atoms with Gasteiger partial charge in [-0.3, -0.25) is 0 Å². The first-order valence-electron chi connectivity index (χ1n) is 4.29. The third-order valence-electron chi connectivity index (χ3n) is 3.80. The first kappa shape index (κ1) is 7.51. The van der Waals surface area contributed by atoms with Crippen LogP contribution in [0.3, 0.4) is 0 Å². The van der Waals surface area contributed by atoms with Crippen molar-refractivity contribution in [2.45, 2.75) is 39.5 Å². The Bertz CT molecular complexity index is 146. The zero-order valence-corrected chi connectivity index (χ0v) is 7.03. The van der Waals surface area contributed by atoms with Crippen molar-refractivity contribution < 1.29 is 8.78 Å². The van der Waals surface area contributed by atoms with Gasteiger partial charge in [0.1, 0.15) is 0 Å². The molecule has 3 fully saturated rings. The molecule has 0 unspecified atom stereocenters. The van der Waals surface area contributed by atoms with E-state index in [1.807, 2.05) is 0 Å². The Labute approximate surface area is 66.0 Å². The molecule has 2 bridgehead atoms. The van der Waals surface area contributed by atoms with Crippen molar-refractivity contribution in [2.24, 2.45) is 16.7 Å². The summed E-state index contributed by atoms with van der Waals surface area (Å²) < 4.78 is 24.7. The van der Waals surface area contributed by atoms with Crippen LogP contribution >= 0.6 is 0 Å². The van der Waals surface area contributed by atoms with Crippen molar-refractivity contribution >= 4 is 0 Å². The lowest BCUT2D eigenvalue weighted by atomic mass is 9.32. The van der Waals surface area contributed by atoms with Crippen LogP contribution < -0.4 is 0 Å². The molecule has 0 aromatic rings. The SMILES string of the molecule is CC(C)C12CC(C(F)F)(C1)C2. The minimum absolute atomic E-state index is 0.330. The molecule has 0 nitrogen and oxygen atoms in total. The lowest BCUT2D eigenvalue weighted by Gasteiger charge is -2.72. The standard InChI is InChI=1S/C9H14F2/c1-6(2)8-3-9(4-8,5-8)7(10)11/h6-7H,3-5H2,1-2H3. The van der Waals surface area contributed by atoms with E-state index in [9.17, 15) is 8.78 Å². The van der Waals surface area contributed by atoms with Crippen LogP contribution in [0.2, 0.25) is 0 Å². The summed E-state index contributed by atoms with van der Waals surface area (Å²) in [7, 11) is 0. The number of rotatable bonds is 2. The van der Waals surface area contributed by atoms with E-state index in [4.69, 9.17) is 0 Å². The van der Waals surface area contributed by atoms with Crippen molar-refractivity contribution in [1.29, 1.82) is 0 Å². The summed E-state index contributed by atoms with van der Waals surface area (Å²) in [5, 5.41) is 0. The first-order valence-corrected chi connectivity index (χ1v) is 4.29. The van der Waals surface area contributed by atoms with Gasteiger partial charge in [-0.25, -0.2) is 8.78 Å². The van der Waals surface area contributed by atoms with Crippen LogP contribution in [-0.4, -0.2) is 6.43 Å². The maximum absolute atomic E-state index is 12.3. The van der Waals surface area contributed by atoms with Crippen molar-refractivity contribution in [3.05, 3.63) is 0 Å². The van der Waals surface area contributed by atoms with E-state index in [1.165, 1.54) is 0 Å². The van der Waals surface area contributed by atoms with E-state index < -0.39 is 11.8 Å². The Morgan fingerprint density at radius 2 is 1.45 bits per heavy atom. The first-order chi connectivity index (χ1) is 5.01. The van der Waals surface area contributed by atoms with Gasteiger partial charge in [0, 0.05) is 5.41 Å². The predicted octanol–water partition coefficient (Wildman–Crippen LogP) is 3.08. The van der Waals surface area contributed by atoms with E-state index in [2.05, 4.69) is 13.8 Å². The number of alkyl halides is 2. The van der Waals surface area contributed by atoms with Crippen molar-refractivity contribution in [3.8, 4) is 0 Å². The molecule has 64 valence electrons. The number of hydrogen-bond donors (Lipinski definition) is 0. The highest BCUT2D eigenvalue weighted by Crippen LogP contribution is 2.77. The number of hydrogen-bond acceptors (Lipinski definition) is 0. The van der Waals surface area contributed by atoms with Crippen molar-refractivity contribution in [1.82, 2.24) is 0 Å². The maximum Gasteiger partial charge on any atom is 0.244 e. The molecule has 0 spiro atoms. The molecule has 0 N–H and O–H groups in total. The Morgan fingerprint density at radius 3 is 1.73 bits per heavy atom. The van der Waals surface area contributed by atoms with Crippen LogP contribution in [0.4, 0.5) is 8.78 Å². The summed E-state index contributed by atoms with van der Waals surface area (Å²) in [5.41, 5.74) is -0.194. The molecule has 0 aliphatic heterocycles. The minimum Gasteiger partial charge on any atom is -0.210 e. The summed E-state index contributed by atoms with van der Waals surface area (Å²) in [6, 6.07) is 0. The minimum atomic E-state index is -2.07. The van der Waals surface area contributed by atoms with Crippen LogP contribution in [0, 0.1) is 16.7 Å². The van der Waals surface area contributed by atoms with Crippen LogP contribution in [0.5, 0.6) is 0 Å². The predicted molar refractivity (Wildman–Crippen MR) is 39.6 cm³/mol. The van der Waals surface area contributed by atoms with E-state index in [1.54, 1.807) is 0 Å². The van der Waals surface area contributed by atoms with Crippen molar-refractivity contribution in [2.75, 3.05) is 0 Å². The van der Waals surface area contributed by atoms with Gasteiger partial charge >= 0.3 is 0 Å². The third-order valence-corrected chi connectivity index (χ3v) is 3.80. The van der Waals surface area contributed by atoms with Gasteiger partial charge in [-0.05, 0) is 30.6 Å². The largest absolute Gasteiger partial charge is 0.244 e. The molecule has 0 saturated heterocycles. The fourth-order valence-electron chi connectivity index (χ4n) is 2.79. The van der Waals surface area contributed by atoms with Crippen molar-refractivity contribution in [3.63, 3.8) is 0 Å². The highest BCUT2D eigenvalue weighted by atomic mass is 19.3. The summed E-state index contributed by atoms with van der Waals surface area (Å²) >= 11 is 0. The molecule has 0 atom stereocenters. The third kappa shape index (κ3) is 0.683. The van der Waals surface area contributed by atoms with Gasteiger partial charge in [-0.15, -0.1) is 0 Å². The number of halogens is 2. The van der Waals surface area contributed by atoms with E-state index in [0.717, 1.165) is 19.3 Å². The Balaban J connectivity index is 1.99. The fourth-order valence-corrected chi connectivity index (χ4v) is 2.79. The maximum atomic E-state index is 12.3. The second-order valence-corrected chi connectivity index (χ2v) is 4.71. The smallest absolute Gasteiger partial charge is 0.210 e. The Morgan fingerprint density at radius 1 is 1.00 bits per heavy atom. The molecule has 0 radical (unpaired) electrons. The average molecular weight is 160 g/mol. The molecule has 0 aromatic carbocycles. The zero-order valence-electron chi connectivity index (χ0n) is 7.03. The molecular weight excluding hydrogens is 146 g/mol. The second kappa shape index (κ2) is 1.78. The topological polar surface area (TPSA) is 0 Å². The molecule has 0 heterocycles. The van der Waals surface area contributed by atoms with Crippen LogP contribution in [-0.2, 0) is 0 Å². The second-order valence-electron chi connectivity index (χ2n) is 4.71. The summed E-state index contributed by atoms with van der Waals surface area (Å²) in [4.78, 5) is 0. The Kier molecular flexibility index (Phi) is 1.21. The lowest BCUT2D eigenvalue weighted by Crippen LogP contribution is -2.66. The molecule has 3 aliphatic carbocycles. The average Bonchev–Trinajstić information content (AvgIpc) is 1.51. The highest BCUT2D eigenvalue weighted by Gasteiger charge is 2.72. The van der Waals surface area contributed by atoms with Crippen LogP contribution in [0.25, 0.3) is 0 Å². The molecule has 11 heavy (non-hydrogen) atoms. The van der Waals surface area contributed by atoms with Gasteiger partial charge in [0.15, 0.2) is 0 Å². The highest BCUT2D eigenvalue weighted by molar-refractivity contribution is 5.18. The van der Waals surface area contributed by atoms with E-state index in [-0.39, 0.29) is 0 Å². The Hall–Kier alpha value is -0.140. The fraction of sp³-hybridized carbons (Fsp3) is 1.00. The quantitative estimate of drug-likeness (QED) is 0.582. The monoisotopic (exact) mass is 160 g/mol. The van der Waals surface area contributed by atoms with Gasteiger partial charge in [-0.1, -0.05) is 13.8 Å². The van der Waals surface area contributed by atoms with Crippen LogP contribution in [0.1, 0.15) is 33.1 Å². The summed E-state index contributed by atoms with van der Waals surface area (Å²) in [6.45, 7) is 4.29. The van der Waals surface area contributed by atoms with Gasteiger partial charge in [-0.2, -0.15) is 0 Å². The zero-order chi connectivity index (χ0) is 8.28. The molecule has 3 aliphatic rings. The van der Waals surface area contributed by atoms with Gasteiger partial charge in [0.25, 0.3) is 0 Å². The molecule has 0 amide bonds. The summed E-state index contributed by atoms with van der Waals surface area (Å²) in [5.74, 6) is 0.600. The van der Waals surface area contributed by atoms with Gasteiger partial charge < -0.3 is 0 Å². The van der Waals surface area contributed by atoms with Gasteiger partial charge in [0.2, 0.25) is 6.43 Å².